The van der Waals surface area contributed by atoms with E-state index in [1.807, 2.05) is 7.96 Å². The highest BCUT2D eigenvalue weighted by molar-refractivity contribution is 14.2. The maximum Gasteiger partial charge on any atom is 0.326 e. The van der Waals surface area contributed by atoms with Gasteiger partial charge in [-0.3, -0.25) is 0 Å². The van der Waals surface area contributed by atoms with Gasteiger partial charge >= 0.3 is 6.99 Å². The van der Waals surface area contributed by atoms with Crippen LogP contribution < -0.4 is 0 Å². The highest BCUT2D eigenvalue weighted by atomic mass is 127. The van der Waals surface area contributed by atoms with E-state index in [1.54, 1.807) is 0 Å². The molecule has 0 aromatic carbocycles. The molecule has 1 nitrogen and oxygen atoms in total. The molecule has 0 aliphatic carbocycles. The second kappa shape index (κ2) is 1.64. The summed E-state index contributed by atoms with van der Waals surface area (Å²) < 4.78 is 10.9. The summed E-state index contributed by atoms with van der Waals surface area (Å²) in [6.45, 7) is 1.35. The molecular weight excluding hydrogens is 330 g/mol. The van der Waals surface area contributed by atoms with Crippen LogP contribution in [0.3, 0.4) is 0 Å². The Balaban J connectivity index is 2.22. The normalized spacial score (nSPS) is 73.4. The minimum atomic E-state index is -0.362. The first-order chi connectivity index (χ1) is 3.78. The van der Waals surface area contributed by atoms with Gasteiger partial charge in [0.2, 0.25) is 6.07 Å². The molecule has 4 atom stereocenters. The van der Waals surface area contributed by atoms with Crippen molar-refractivity contribution >= 4 is 62.4 Å². The van der Waals surface area contributed by atoms with Gasteiger partial charge in [-0.1, -0.05) is 0 Å². The fourth-order valence-electron chi connectivity index (χ4n) is 0.728. The summed E-state index contributed by atoms with van der Waals surface area (Å²) in [6.07, 6.45) is 0.270. The van der Waals surface area contributed by atoms with Gasteiger partial charge in [0, 0.05) is 7.15 Å². The molecule has 0 bridgehead atoms. The minimum absolute atomic E-state index is 0.113. The Labute approximate surface area is 66.1 Å². The van der Waals surface area contributed by atoms with Gasteiger partial charge in [0.25, 0.3) is 0 Å². The van der Waals surface area contributed by atoms with E-state index in [9.17, 15) is 4.21 Å². The van der Waals surface area contributed by atoms with Crippen molar-refractivity contribution < 1.29 is 4.21 Å². The highest BCUT2D eigenvalue weighted by Gasteiger charge is 3.10. The van der Waals surface area contributed by atoms with Gasteiger partial charge in [-0.2, -0.15) is 7.96 Å². The zero-order valence-corrected chi connectivity index (χ0v) is 10.9. The second-order valence-electron chi connectivity index (χ2n) is 1.62. The Morgan fingerprint density at radius 3 is 2.62 bits per heavy atom. The van der Waals surface area contributed by atoms with Crippen molar-refractivity contribution in [1.82, 2.24) is 0 Å². The second-order valence-corrected chi connectivity index (χ2v) is 44.3. The maximum absolute atomic E-state index is 10.9. The van der Waals surface area contributed by atoms with Crippen LogP contribution in [0.4, 0.5) is 0 Å². The lowest BCUT2D eigenvalue weighted by atomic mass is 16.0. The Morgan fingerprint density at radius 2 is 2.50 bits per heavy atom. The summed E-state index contributed by atoms with van der Waals surface area (Å²) in [7, 11) is 1.49. The summed E-state index contributed by atoms with van der Waals surface area (Å²) in [5.41, 5.74) is 0. The number of hydrogen-bond donors (Lipinski definition) is 0. The predicted octanol–water partition coefficient (Wildman–Crippen LogP) is 5.07. The van der Waals surface area contributed by atoms with Gasteiger partial charge in [0.1, 0.15) is 6.02 Å². The predicted molar refractivity (Wildman–Crippen MR) is 56.7 cm³/mol. The molecule has 0 radical (unpaired) electrons. The molecule has 3 heterocycles. The van der Waals surface area contributed by atoms with E-state index < -0.39 is 0 Å². The summed E-state index contributed by atoms with van der Waals surface area (Å²) in [4.78, 5) is 0. The van der Waals surface area contributed by atoms with Crippen LogP contribution in [0, 0.1) is 0 Å². The first-order valence-corrected chi connectivity index (χ1v) is 17.8. The highest BCUT2D eigenvalue weighted by Crippen LogP contribution is 3.82. The average Bonchev–Trinajstić information content (AvgIpc) is 2.40. The Kier molecular flexibility index (Phi) is 1.31. The van der Waals surface area contributed by atoms with E-state index in [2.05, 4.69) is 21.2 Å². The van der Waals surface area contributed by atoms with Crippen molar-refractivity contribution in [1.29, 1.82) is 0 Å². The SMILES string of the molecule is O=[S-](I)=[P+]1P2P3[P-][P+]321. The van der Waals surface area contributed by atoms with Crippen molar-refractivity contribution in [2.24, 2.45) is 0 Å². The topological polar surface area (TPSA) is 17.1 Å². The molecule has 8 heavy (non-hydrogen) atoms. The van der Waals surface area contributed by atoms with Crippen LogP contribution in [-0.4, -0.2) is 0 Å². The molecule has 4 unspecified atom stereocenters. The summed E-state index contributed by atoms with van der Waals surface area (Å²) >= 11 is 2.13. The average molecular weight is 330 g/mol. The lowest BCUT2D eigenvalue weighted by Crippen LogP contribution is -1.29. The number of halogens is 1. The van der Waals surface area contributed by atoms with E-state index in [4.69, 9.17) is 0 Å². The van der Waals surface area contributed by atoms with Crippen LogP contribution in [0.2, 0.25) is 0 Å². The molecule has 3 fully saturated rings. The molecular formula is IOP5S. The molecule has 3 saturated heterocycles. The smallest absolute Gasteiger partial charge is 0.326 e. The molecule has 3 rings (SSSR count). The first kappa shape index (κ1) is 6.42. The van der Waals surface area contributed by atoms with Crippen molar-refractivity contribution in [3.8, 4) is 0 Å². The molecule has 3 aliphatic heterocycles. The Hall–Kier alpha value is 2.90. The van der Waals surface area contributed by atoms with Crippen molar-refractivity contribution in [2.45, 2.75) is 0 Å². The molecule has 0 N–H and O–H groups in total. The van der Waals surface area contributed by atoms with Crippen molar-refractivity contribution in [3.05, 3.63) is 0 Å². The molecule has 3 aliphatic rings. The van der Waals surface area contributed by atoms with E-state index in [-0.39, 0.29) is 19.2 Å². The minimum Gasteiger partial charge on any atom is -0.407 e. The molecule has 0 amide bonds. The van der Waals surface area contributed by atoms with Crippen LogP contribution in [-0.2, 0) is 11.4 Å². The van der Waals surface area contributed by atoms with E-state index >= 15 is 0 Å². The Bertz CT molecular complexity index is 266. The van der Waals surface area contributed by atoms with Crippen LogP contribution in [0.15, 0.2) is 0 Å². The van der Waals surface area contributed by atoms with Gasteiger partial charge in [-0.15, -0.1) is 21.2 Å². The van der Waals surface area contributed by atoms with Gasteiger partial charge in [0.05, 0.1) is 6.99 Å². The van der Waals surface area contributed by atoms with Gasteiger partial charge in [0.15, 0.2) is 0 Å². The van der Waals surface area contributed by atoms with Gasteiger partial charge < -0.3 is 4.21 Å². The van der Waals surface area contributed by atoms with Gasteiger partial charge in [-0.05, 0) is 0 Å². The molecule has 44 valence electrons. The zero-order valence-electron chi connectivity index (χ0n) is 3.43. The fourth-order valence-corrected chi connectivity index (χ4v) is 173. The third-order valence-electron chi connectivity index (χ3n) is 1.26. The lowest BCUT2D eigenvalue weighted by molar-refractivity contribution is 0.611. The monoisotopic (exact) mass is 330 g/mol. The van der Waals surface area contributed by atoms with E-state index in [0.29, 0.717) is 6.99 Å². The van der Waals surface area contributed by atoms with E-state index in [1.165, 1.54) is 0 Å². The van der Waals surface area contributed by atoms with E-state index in [0.717, 1.165) is 6.99 Å². The fraction of sp³-hybridized carbons (Fsp3) is 0. The summed E-state index contributed by atoms with van der Waals surface area (Å²) in [6, 6.07) is -0.113. The third-order valence-corrected chi connectivity index (χ3v) is 90.1. The first-order valence-electron chi connectivity index (χ1n) is 1.90. The van der Waals surface area contributed by atoms with Crippen molar-refractivity contribution in [3.63, 3.8) is 0 Å². The number of hydrogen-bond acceptors (Lipinski definition) is 2. The van der Waals surface area contributed by atoms with Gasteiger partial charge in [-0.25, -0.2) is 0 Å². The maximum atomic E-state index is 10.9. The van der Waals surface area contributed by atoms with Crippen LogP contribution in [0.5, 0.6) is 0 Å². The third kappa shape index (κ3) is 0.546. The van der Waals surface area contributed by atoms with Crippen LogP contribution >= 0.6 is 55.2 Å². The molecule has 0 aromatic rings. The standard InChI is InChI=1S/IOP5S/c1-8(2)6-5-4-3-7(4,5)6. The Morgan fingerprint density at radius 1 is 1.88 bits per heavy atom. The number of fused-ring (bicyclic) bond motifs is 1. The largest absolute Gasteiger partial charge is 0.407 e. The van der Waals surface area contributed by atoms with Crippen molar-refractivity contribution in [2.75, 3.05) is 0 Å². The molecule has 1 spiro atoms. The summed E-state index contributed by atoms with van der Waals surface area (Å²) in [5, 5.41) is 0. The molecule has 0 aromatic heterocycles. The molecule has 8 heteroatoms. The quantitative estimate of drug-likeness (QED) is 0.262. The number of rotatable bonds is 0. The zero-order chi connectivity index (χ0) is 5.52. The molecule has 0 saturated carbocycles. The van der Waals surface area contributed by atoms with Crippen LogP contribution in [0.25, 0.3) is 0 Å². The lowest BCUT2D eigenvalue weighted by Gasteiger charge is -1.69. The summed E-state index contributed by atoms with van der Waals surface area (Å²) in [5.74, 6) is 0. The van der Waals surface area contributed by atoms with Crippen LogP contribution in [0.1, 0.15) is 0 Å².